The molecule has 3 atom stereocenters. The van der Waals surface area contributed by atoms with E-state index in [4.69, 9.17) is 15.7 Å². The van der Waals surface area contributed by atoms with E-state index in [1.807, 2.05) is 4.90 Å². The number of nitrogens with one attached hydrogen (secondary N) is 1. The van der Waals surface area contributed by atoms with Crippen LogP contribution in [0, 0.1) is 23.4 Å². The Bertz CT molecular complexity index is 2730. The minimum absolute atomic E-state index is 0.00162. The zero-order chi connectivity index (χ0) is 43.0. The van der Waals surface area contributed by atoms with E-state index < -0.39 is 94.7 Å². The fourth-order valence-corrected chi connectivity index (χ4v) is 9.13. The van der Waals surface area contributed by atoms with Crippen molar-refractivity contribution in [2.24, 2.45) is 11.7 Å². The van der Waals surface area contributed by atoms with Gasteiger partial charge in [0.2, 0.25) is 5.91 Å². The molecule has 21 heteroatoms. The minimum atomic E-state index is -5.12. The number of anilines is 2. The van der Waals surface area contributed by atoms with Gasteiger partial charge in [0, 0.05) is 49.3 Å². The van der Waals surface area contributed by atoms with E-state index in [-0.39, 0.29) is 28.0 Å². The van der Waals surface area contributed by atoms with Crippen LogP contribution in [0.3, 0.4) is 0 Å². The second kappa shape index (κ2) is 14.9. The molecule has 3 N–H and O–H groups in total. The highest BCUT2D eigenvalue weighted by atomic mass is 32.1. The first kappa shape index (κ1) is 39.9. The summed E-state index contributed by atoms with van der Waals surface area (Å²) in [5.41, 5.74) is 3.06. The molecule has 3 aliphatic rings. The lowest BCUT2D eigenvalue weighted by Gasteiger charge is -2.35. The third-order valence-electron chi connectivity index (χ3n) is 11.0. The smallest absolute Gasteiger partial charge is 0.366 e. The van der Waals surface area contributed by atoms with Crippen LogP contribution in [0.1, 0.15) is 50.5 Å². The topological polar surface area (TPSA) is 148 Å². The molecule has 1 fully saturated rings. The Balaban J connectivity index is 1.12. The molecule has 6 aromatic rings. The molecule has 9 rings (SSSR count). The summed E-state index contributed by atoms with van der Waals surface area (Å²) in [5.74, 6) is -11.6. The van der Waals surface area contributed by atoms with E-state index in [2.05, 4.69) is 25.3 Å². The lowest BCUT2D eigenvalue weighted by Crippen LogP contribution is -2.46. The highest BCUT2D eigenvalue weighted by Gasteiger charge is 2.61. The lowest BCUT2D eigenvalue weighted by molar-refractivity contribution is -0.142. The summed E-state index contributed by atoms with van der Waals surface area (Å²) in [6, 6.07) is 6.32. The van der Waals surface area contributed by atoms with Gasteiger partial charge in [-0.3, -0.25) is 14.3 Å². The highest BCUT2D eigenvalue weighted by Crippen LogP contribution is 2.60. The zero-order valence-electron chi connectivity index (χ0n) is 31.3. The molecular formula is C40H30F8N10O2S. The summed E-state index contributed by atoms with van der Waals surface area (Å²) in [6.45, 7) is 1.18. The molecule has 61 heavy (non-hydrogen) atoms. The van der Waals surface area contributed by atoms with Gasteiger partial charge in [-0.15, -0.1) is 0 Å². The molecule has 5 heterocycles. The molecule has 12 nitrogen and oxygen atoms in total. The van der Waals surface area contributed by atoms with Gasteiger partial charge < -0.3 is 20.9 Å². The van der Waals surface area contributed by atoms with Crippen LogP contribution in [0.25, 0.3) is 21.5 Å². The van der Waals surface area contributed by atoms with Crippen LogP contribution < -0.4 is 20.9 Å². The molecule has 1 aliphatic heterocycles. The molecule has 314 valence electrons. The number of thiazole rings is 1. The predicted octanol–water partition coefficient (Wildman–Crippen LogP) is 6.68. The van der Waals surface area contributed by atoms with Gasteiger partial charge in [0.25, 0.3) is 11.8 Å². The number of fused-ring (bicyclic) bond motifs is 4. The van der Waals surface area contributed by atoms with Crippen LogP contribution in [0.5, 0.6) is 0 Å². The summed E-state index contributed by atoms with van der Waals surface area (Å²) in [4.78, 5) is 48.1. The molecule has 0 spiro atoms. The Labute approximate surface area is 343 Å². The normalized spacial score (nSPS) is 18.5. The van der Waals surface area contributed by atoms with Crippen molar-refractivity contribution in [2.75, 3.05) is 36.0 Å². The number of rotatable bonds is 10. The number of hydrogen-bond acceptors (Lipinski definition) is 10. The number of carbonyl (C=O) groups excluding carboxylic acids is 2. The summed E-state index contributed by atoms with van der Waals surface area (Å²) >= 11 is 1.27. The SMILES string of the molecule is NC(=O)c1cc(-c2cc3sc(N4CCN(c5cncnc5)CC4)nc3nc2[C@H](Cc2cc(F)cc(F)c2)NC(=O)Cn2nc(C(F)(F)F)c3c2C(F)(F)[C@@H]2C=C[C@H]32)ccc1F. The van der Waals surface area contributed by atoms with Crippen LogP contribution in [-0.2, 0) is 29.9 Å². The van der Waals surface area contributed by atoms with E-state index in [9.17, 15) is 35.9 Å². The third-order valence-corrected chi connectivity index (χ3v) is 12.0. The second-order valence-corrected chi connectivity index (χ2v) is 15.8. The number of halogens is 8. The van der Waals surface area contributed by atoms with E-state index >= 15 is 8.78 Å². The van der Waals surface area contributed by atoms with Crippen molar-refractivity contribution >= 4 is 44.3 Å². The van der Waals surface area contributed by atoms with E-state index in [1.165, 1.54) is 29.8 Å². The zero-order valence-corrected chi connectivity index (χ0v) is 32.1. The molecule has 0 unspecified atom stereocenters. The van der Waals surface area contributed by atoms with Gasteiger partial charge in [0.1, 0.15) is 36.0 Å². The van der Waals surface area contributed by atoms with Crippen molar-refractivity contribution in [3.05, 3.63) is 125 Å². The van der Waals surface area contributed by atoms with Crippen LogP contribution in [0.15, 0.2) is 73.3 Å². The van der Waals surface area contributed by atoms with Gasteiger partial charge in [0.05, 0.1) is 46.0 Å². The summed E-state index contributed by atoms with van der Waals surface area (Å²) in [5, 5.41) is 6.64. The molecular weight excluding hydrogens is 837 g/mol. The van der Waals surface area contributed by atoms with Crippen LogP contribution in [0.4, 0.5) is 45.9 Å². The fourth-order valence-electron chi connectivity index (χ4n) is 8.13. The quantitative estimate of drug-likeness (QED) is 0.114. The van der Waals surface area contributed by atoms with Gasteiger partial charge in [-0.25, -0.2) is 28.1 Å². The van der Waals surface area contributed by atoms with Crippen LogP contribution in [-0.4, -0.2) is 67.7 Å². The number of allylic oxidation sites excluding steroid dienone is 2. The Morgan fingerprint density at radius 1 is 0.934 bits per heavy atom. The largest absolute Gasteiger partial charge is 0.435 e. The number of piperazine rings is 1. The van der Waals surface area contributed by atoms with Gasteiger partial charge in [-0.05, 0) is 47.9 Å². The van der Waals surface area contributed by atoms with Crippen molar-refractivity contribution in [1.29, 1.82) is 0 Å². The van der Waals surface area contributed by atoms with Crippen LogP contribution in [0.2, 0.25) is 0 Å². The highest BCUT2D eigenvalue weighted by molar-refractivity contribution is 7.22. The fraction of sp³-hybridized carbons (Fsp3) is 0.275. The van der Waals surface area contributed by atoms with Gasteiger partial charge in [-0.2, -0.15) is 32.0 Å². The van der Waals surface area contributed by atoms with Crippen molar-refractivity contribution in [3.63, 3.8) is 0 Å². The summed E-state index contributed by atoms with van der Waals surface area (Å²) in [7, 11) is 0. The van der Waals surface area contributed by atoms with Crippen LogP contribution >= 0.6 is 11.3 Å². The third kappa shape index (κ3) is 7.29. The Hall–Kier alpha value is -6.51. The number of benzene rings is 2. The number of nitrogens with two attached hydrogens (primary N) is 1. The number of nitrogens with zero attached hydrogens (tertiary/aromatic N) is 8. The predicted molar refractivity (Wildman–Crippen MR) is 205 cm³/mol. The number of carbonyl (C=O) groups is 2. The average molecular weight is 867 g/mol. The first-order valence-electron chi connectivity index (χ1n) is 18.7. The maximum Gasteiger partial charge on any atom is 0.435 e. The first-order valence-corrected chi connectivity index (χ1v) is 19.5. The molecule has 0 radical (unpaired) electrons. The number of pyridine rings is 1. The number of hydrogen-bond donors (Lipinski definition) is 2. The first-order chi connectivity index (χ1) is 29.0. The van der Waals surface area contributed by atoms with Crippen molar-refractivity contribution in [1.82, 2.24) is 35.0 Å². The molecule has 2 amide bonds. The minimum Gasteiger partial charge on any atom is -0.366 e. The van der Waals surface area contributed by atoms with Gasteiger partial charge in [0.15, 0.2) is 16.5 Å². The second-order valence-electron chi connectivity index (χ2n) is 14.8. The van der Waals surface area contributed by atoms with Crippen molar-refractivity contribution < 1.29 is 44.7 Å². The standard InChI is InChI=1S/C40H30F8N10O2S/c41-21-9-19(10-22(42)13-21)11-29(52-31(59)17-58-35-32(34(55-58)40(46,47)48)24-2-3-27(24)39(35,44)45)33-25(20-1-4-28(43)26(12-20)36(49)60)14-30-37(53-33)54-38(61-30)57-7-5-56(6-8-57)23-15-50-18-51-16-23/h1-4,9-10,12-16,18,24,27,29H,5-8,11,17H2,(H2,49,60)(H,52,59)/t24-,27+,29-/m0/s1. The lowest BCUT2D eigenvalue weighted by atomic mass is 9.81. The monoisotopic (exact) mass is 866 g/mol. The molecule has 4 aromatic heterocycles. The van der Waals surface area contributed by atoms with E-state index in [0.29, 0.717) is 46.8 Å². The number of alkyl halides is 5. The summed E-state index contributed by atoms with van der Waals surface area (Å²) < 4.78 is 119. The Morgan fingerprint density at radius 3 is 2.30 bits per heavy atom. The molecule has 2 aliphatic carbocycles. The molecule has 0 bridgehead atoms. The number of amides is 2. The Morgan fingerprint density at radius 2 is 1.64 bits per heavy atom. The maximum atomic E-state index is 15.6. The maximum absolute atomic E-state index is 15.6. The molecule has 0 saturated carbocycles. The number of primary amides is 1. The van der Waals surface area contributed by atoms with Crippen molar-refractivity contribution in [2.45, 2.75) is 37.0 Å². The molecule has 1 saturated heterocycles. The van der Waals surface area contributed by atoms with E-state index in [0.717, 1.165) is 36.0 Å². The average Bonchev–Trinajstić information content (AvgIpc) is 3.82. The van der Waals surface area contributed by atoms with E-state index in [1.54, 1.807) is 18.5 Å². The Kier molecular flexibility index (Phi) is 9.74. The van der Waals surface area contributed by atoms with Crippen molar-refractivity contribution in [3.8, 4) is 11.1 Å². The molecule has 2 aromatic carbocycles. The van der Waals surface area contributed by atoms with Gasteiger partial charge >= 0.3 is 6.18 Å². The number of aromatic nitrogens is 6. The summed E-state index contributed by atoms with van der Waals surface area (Å²) in [6.07, 6.45) is 1.67. The van der Waals surface area contributed by atoms with Gasteiger partial charge in [-0.1, -0.05) is 29.6 Å².